The Balaban J connectivity index is 1.48. The summed E-state index contributed by atoms with van der Waals surface area (Å²) >= 11 is 0. The summed E-state index contributed by atoms with van der Waals surface area (Å²) in [6, 6.07) is 5.55. The lowest BCUT2D eigenvalue weighted by Gasteiger charge is -2.23. The number of benzene rings is 1. The van der Waals surface area contributed by atoms with Crippen LogP contribution in [0, 0.1) is 11.3 Å². The van der Waals surface area contributed by atoms with Crippen LogP contribution in [-0.4, -0.2) is 25.4 Å². The average Bonchev–Trinajstić information content (AvgIpc) is 3.19. The number of ether oxygens (including phenoxy) is 1. The van der Waals surface area contributed by atoms with Crippen LogP contribution in [0.5, 0.6) is 5.75 Å². The Morgan fingerprint density at radius 3 is 2.52 bits per heavy atom. The van der Waals surface area contributed by atoms with Gasteiger partial charge in [0.1, 0.15) is 5.75 Å². The maximum Gasteiger partial charge on any atom is 0.573 e. The SMILES string of the molecule is O=C(NCc1ccc(OC(F)(F)F)cc1)C1CC12CCNCC2. The lowest BCUT2D eigenvalue weighted by molar-refractivity contribution is -0.274. The summed E-state index contributed by atoms with van der Waals surface area (Å²) in [6.45, 7) is 2.24. The number of piperidine rings is 1. The summed E-state index contributed by atoms with van der Waals surface area (Å²) in [5.74, 6) is -0.136. The number of halogens is 3. The minimum Gasteiger partial charge on any atom is -0.406 e. The third-order valence-electron chi connectivity index (χ3n) is 4.73. The molecule has 0 radical (unpaired) electrons. The molecule has 1 atom stereocenters. The number of amides is 1. The van der Waals surface area contributed by atoms with Gasteiger partial charge in [-0.2, -0.15) is 0 Å². The van der Waals surface area contributed by atoms with Gasteiger partial charge in [-0.1, -0.05) is 12.1 Å². The summed E-state index contributed by atoms with van der Waals surface area (Å²) in [5, 5.41) is 6.17. The van der Waals surface area contributed by atoms with Crippen LogP contribution < -0.4 is 15.4 Å². The molecule has 3 rings (SSSR count). The Morgan fingerprint density at radius 1 is 1.26 bits per heavy atom. The molecule has 2 N–H and O–H groups in total. The highest BCUT2D eigenvalue weighted by atomic mass is 19.4. The third kappa shape index (κ3) is 3.96. The molecular weight excluding hydrogens is 309 g/mol. The fourth-order valence-electron chi connectivity index (χ4n) is 3.32. The van der Waals surface area contributed by atoms with Crippen molar-refractivity contribution in [2.24, 2.45) is 11.3 Å². The standard InChI is InChI=1S/C16H19F3N2O2/c17-16(18,19)23-12-3-1-11(2-4-12)10-21-14(22)13-9-15(13)5-7-20-8-6-15/h1-4,13,20H,5-10H2,(H,21,22). The molecule has 4 nitrogen and oxygen atoms in total. The van der Waals surface area contributed by atoms with Crippen molar-refractivity contribution in [2.45, 2.75) is 32.2 Å². The number of hydrogen-bond acceptors (Lipinski definition) is 3. The molecule has 1 spiro atoms. The summed E-state index contributed by atoms with van der Waals surface area (Å²) in [7, 11) is 0. The summed E-state index contributed by atoms with van der Waals surface area (Å²) in [4.78, 5) is 12.2. The van der Waals surface area contributed by atoms with Crippen LogP contribution in [0.15, 0.2) is 24.3 Å². The summed E-state index contributed by atoms with van der Waals surface area (Å²) < 4.78 is 40.1. The number of nitrogens with one attached hydrogen (secondary N) is 2. The molecule has 23 heavy (non-hydrogen) atoms. The first kappa shape index (κ1) is 16.1. The second-order valence-corrected chi connectivity index (χ2v) is 6.28. The van der Waals surface area contributed by atoms with E-state index in [2.05, 4.69) is 15.4 Å². The first-order chi connectivity index (χ1) is 10.9. The zero-order chi connectivity index (χ0) is 16.5. The number of carbonyl (C=O) groups is 1. The van der Waals surface area contributed by atoms with Crippen LogP contribution >= 0.6 is 0 Å². The molecule has 1 saturated carbocycles. The van der Waals surface area contributed by atoms with Gasteiger partial charge in [0, 0.05) is 12.5 Å². The fraction of sp³-hybridized carbons (Fsp3) is 0.562. The van der Waals surface area contributed by atoms with Gasteiger partial charge in [-0.15, -0.1) is 13.2 Å². The Kier molecular flexibility index (Phi) is 4.23. The number of rotatable bonds is 4. The first-order valence-electron chi connectivity index (χ1n) is 7.71. The van der Waals surface area contributed by atoms with E-state index in [1.165, 1.54) is 24.3 Å². The third-order valence-corrected chi connectivity index (χ3v) is 4.73. The van der Waals surface area contributed by atoms with Crippen LogP contribution in [0.25, 0.3) is 0 Å². The topological polar surface area (TPSA) is 50.4 Å². The molecule has 1 unspecified atom stereocenters. The van der Waals surface area contributed by atoms with Crippen LogP contribution in [0.4, 0.5) is 13.2 Å². The van der Waals surface area contributed by atoms with Crippen molar-refractivity contribution in [3.8, 4) is 5.75 Å². The minimum absolute atomic E-state index is 0.0440. The lowest BCUT2D eigenvalue weighted by Crippen LogP contribution is -2.33. The van der Waals surface area contributed by atoms with Crippen LogP contribution in [0.2, 0.25) is 0 Å². The van der Waals surface area contributed by atoms with Crippen molar-refractivity contribution < 1.29 is 22.7 Å². The predicted octanol–water partition coefficient (Wildman–Crippen LogP) is 2.59. The fourth-order valence-corrected chi connectivity index (χ4v) is 3.32. The maximum absolute atomic E-state index is 12.2. The van der Waals surface area contributed by atoms with E-state index in [1.807, 2.05) is 0 Å². The van der Waals surface area contributed by atoms with Crippen LogP contribution in [0.1, 0.15) is 24.8 Å². The predicted molar refractivity (Wildman–Crippen MR) is 77.6 cm³/mol. The van der Waals surface area contributed by atoms with E-state index < -0.39 is 6.36 Å². The maximum atomic E-state index is 12.2. The quantitative estimate of drug-likeness (QED) is 0.893. The van der Waals surface area contributed by atoms with E-state index in [0.29, 0.717) is 6.54 Å². The molecule has 1 amide bonds. The highest BCUT2D eigenvalue weighted by Gasteiger charge is 2.57. The average molecular weight is 328 g/mol. The van der Waals surface area contributed by atoms with Crippen molar-refractivity contribution >= 4 is 5.91 Å². The molecule has 2 aliphatic rings. The van der Waals surface area contributed by atoms with Crippen molar-refractivity contribution in [3.63, 3.8) is 0 Å². The van der Waals surface area contributed by atoms with Crippen molar-refractivity contribution in [1.29, 1.82) is 0 Å². The van der Waals surface area contributed by atoms with Gasteiger partial charge in [0.2, 0.25) is 5.91 Å². The zero-order valence-electron chi connectivity index (χ0n) is 12.6. The Hall–Kier alpha value is -1.76. The number of carbonyl (C=O) groups excluding carboxylic acids is 1. The zero-order valence-corrected chi connectivity index (χ0v) is 12.6. The number of hydrogen-bond donors (Lipinski definition) is 2. The van der Waals surface area contributed by atoms with Crippen molar-refractivity contribution in [1.82, 2.24) is 10.6 Å². The smallest absolute Gasteiger partial charge is 0.406 e. The molecule has 1 aliphatic carbocycles. The molecule has 0 aromatic heterocycles. The van der Waals surface area contributed by atoms with Crippen LogP contribution in [0.3, 0.4) is 0 Å². The molecule has 1 aromatic rings. The number of alkyl halides is 3. The largest absolute Gasteiger partial charge is 0.573 e. The van der Waals surface area contributed by atoms with Gasteiger partial charge < -0.3 is 15.4 Å². The van der Waals surface area contributed by atoms with Gasteiger partial charge in [-0.05, 0) is 55.5 Å². The second-order valence-electron chi connectivity index (χ2n) is 6.28. The molecule has 1 saturated heterocycles. The summed E-state index contributed by atoms with van der Waals surface area (Å²) in [6.07, 6.45) is -1.67. The van der Waals surface area contributed by atoms with Gasteiger partial charge in [0.15, 0.2) is 0 Å². The van der Waals surface area contributed by atoms with E-state index in [-0.39, 0.29) is 23.0 Å². The van der Waals surface area contributed by atoms with E-state index in [4.69, 9.17) is 0 Å². The van der Waals surface area contributed by atoms with E-state index in [1.54, 1.807) is 0 Å². The van der Waals surface area contributed by atoms with Gasteiger partial charge in [-0.25, -0.2) is 0 Å². The molecule has 126 valence electrons. The molecule has 1 aliphatic heterocycles. The van der Waals surface area contributed by atoms with E-state index in [9.17, 15) is 18.0 Å². The van der Waals surface area contributed by atoms with Crippen molar-refractivity contribution in [2.75, 3.05) is 13.1 Å². The van der Waals surface area contributed by atoms with E-state index in [0.717, 1.165) is 37.9 Å². The monoisotopic (exact) mass is 328 g/mol. The first-order valence-corrected chi connectivity index (χ1v) is 7.71. The lowest BCUT2D eigenvalue weighted by atomic mass is 9.92. The Labute approximate surface area is 132 Å². The second kappa shape index (κ2) is 6.03. The molecule has 1 heterocycles. The van der Waals surface area contributed by atoms with Gasteiger partial charge in [-0.3, -0.25) is 4.79 Å². The van der Waals surface area contributed by atoms with Gasteiger partial charge in [0.05, 0.1) is 0 Å². The highest BCUT2D eigenvalue weighted by molar-refractivity contribution is 5.82. The Morgan fingerprint density at radius 2 is 1.91 bits per heavy atom. The van der Waals surface area contributed by atoms with Crippen LogP contribution in [-0.2, 0) is 11.3 Å². The van der Waals surface area contributed by atoms with E-state index >= 15 is 0 Å². The molecule has 0 bridgehead atoms. The van der Waals surface area contributed by atoms with Gasteiger partial charge in [0.25, 0.3) is 0 Å². The molecular formula is C16H19F3N2O2. The van der Waals surface area contributed by atoms with Gasteiger partial charge >= 0.3 is 6.36 Å². The normalized spacial score (nSPS) is 22.7. The molecule has 1 aromatic carbocycles. The van der Waals surface area contributed by atoms with Crippen molar-refractivity contribution in [3.05, 3.63) is 29.8 Å². The highest BCUT2D eigenvalue weighted by Crippen LogP contribution is 2.58. The molecule has 7 heteroatoms. The summed E-state index contributed by atoms with van der Waals surface area (Å²) in [5.41, 5.74) is 0.924. The molecule has 2 fully saturated rings. The Bertz CT molecular complexity index is 566. The minimum atomic E-state index is -4.69.